The van der Waals surface area contributed by atoms with Gasteiger partial charge in [-0.25, -0.2) is 0 Å². The summed E-state index contributed by atoms with van der Waals surface area (Å²) in [7, 11) is 0. The normalized spacial score (nSPS) is 12.9. The molecule has 0 fully saturated rings. The molecule has 118 valence electrons. The van der Waals surface area contributed by atoms with Crippen molar-refractivity contribution in [3.63, 3.8) is 0 Å². The monoisotopic (exact) mass is 332 g/mol. The van der Waals surface area contributed by atoms with Crippen molar-refractivity contribution < 1.29 is 4.79 Å². The van der Waals surface area contributed by atoms with Gasteiger partial charge in [0.15, 0.2) is 0 Å². The molecule has 0 radical (unpaired) electrons. The molecule has 0 saturated carbocycles. The van der Waals surface area contributed by atoms with Crippen LogP contribution < -0.4 is 10.6 Å². The second kappa shape index (κ2) is 6.06. The van der Waals surface area contributed by atoms with Crippen LogP contribution in [0.4, 0.5) is 11.4 Å². The zero-order valence-corrected chi connectivity index (χ0v) is 13.8. The Bertz CT molecular complexity index is 906. The molecule has 4 rings (SSSR count). The van der Waals surface area contributed by atoms with Gasteiger partial charge in [0.05, 0.1) is 12.2 Å². The van der Waals surface area contributed by atoms with Gasteiger partial charge in [0.25, 0.3) is 5.91 Å². The molecule has 0 saturated heterocycles. The van der Waals surface area contributed by atoms with Crippen molar-refractivity contribution in [1.29, 1.82) is 0 Å². The summed E-state index contributed by atoms with van der Waals surface area (Å²) in [5, 5.41) is 0. The van der Waals surface area contributed by atoms with E-state index in [1.54, 1.807) is 36.0 Å². The lowest BCUT2D eigenvalue weighted by Gasteiger charge is -2.23. The second-order valence-electron chi connectivity index (χ2n) is 5.69. The molecule has 3 aromatic rings. The molecule has 1 heterocycles. The minimum atomic E-state index is -0.0141. The third-order valence-electron chi connectivity index (χ3n) is 4.08. The van der Waals surface area contributed by atoms with Crippen LogP contribution in [0.15, 0.2) is 82.6 Å². The summed E-state index contributed by atoms with van der Waals surface area (Å²) < 4.78 is 0. The van der Waals surface area contributed by atoms with Crippen molar-refractivity contribution in [2.45, 2.75) is 16.3 Å². The van der Waals surface area contributed by atoms with E-state index in [9.17, 15) is 4.79 Å². The molecule has 0 unspecified atom stereocenters. The first-order valence-corrected chi connectivity index (χ1v) is 8.56. The first-order chi connectivity index (χ1) is 11.7. The Morgan fingerprint density at radius 1 is 0.875 bits per heavy atom. The highest BCUT2D eigenvalue weighted by Crippen LogP contribution is 2.41. The number of carbonyl (C=O) groups is 1. The van der Waals surface area contributed by atoms with E-state index >= 15 is 0 Å². The molecule has 0 aromatic heterocycles. The number of benzene rings is 3. The zero-order chi connectivity index (χ0) is 16.5. The Balaban J connectivity index is 1.81. The Kier molecular flexibility index (Phi) is 3.75. The first-order valence-electron chi connectivity index (χ1n) is 7.74. The summed E-state index contributed by atoms with van der Waals surface area (Å²) in [5.74, 6) is -0.0141. The van der Waals surface area contributed by atoms with Crippen molar-refractivity contribution in [3.05, 3.63) is 83.9 Å². The predicted molar refractivity (Wildman–Crippen MR) is 98.4 cm³/mol. The van der Waals surface area contributed by atoms with Crippen molar-refractivity contribution in [1.82, 2.24) is 0 Å². The summed E-state index contributed by atoms with van der Waals surface area (Å²) in [6, 6.07) is 23.4. The Morgan fingerprint density at radius 3 is 2.33 bits per heavy atom. The number of amides is 1. The average molecular weight is 332 g/mol. The van der Waals surface area contributed by atoms with Gasteiger partial charge in [-0.15, -0.1) is 0 Å². The summed E-state index contributed by atoms with van der Waals surface area (Å²) in [5.41, 5.74) is 9.14. The number of nitrogens with zero attached hydrogens (tertiary/aromatic N) is 1. The summed E-state index contributed by atoms with van der Waals surface area (Å²) in [4.78, 5) is 17.2. The summed E-state index contributed by atoms with van der Waals surface area (Å²) in [6.45, 7) is 0.559. The van der Waals surface area contributed by atoms with Crippen molar-refractivity contribution in [2.75, 3.05) is 10.6 Å². The second-order valence-corrected chi connectivity index (χ2v) is 6.77. The van der Waals surface area contributed by atoms with Gasteiger partial charge in [-0.1, -0.05) is 42.1 Å². The molecule has 3 nitrogen and oxygen atoms in total. The molecule has 0 bridgehead atoms. The fourth-order valence-electron chi connectivity index (χ4n) is 2.84. The van der Waals surface area contributed by atoms with E-state index in [0.29, 0.717) is 17.8 Å². The highest BCUT2D eigenvalue weighted by Gasteiger charge is 2.25. The number of rotatable bonds is 1. The van der Waals surface area contributed by atoms with Gasteiger partial charge >= 0.3 is 0 Å². The number of anilines is 2. The zero-order valence-electron chi connectivity index (χ0n) is 13.0. The van der Waals surface area contributed by atoms with E-state index in [0.717, 1.165) is 16.1 Å². The predicted octanol–water partition coefficient (Wildman–Crippen LogP) is 4.58. The molecule has 0 spiro atoms. The van der Waals surface area contributed by atoms with E-state index in [2.05, 4.69) is 18.2 Å². The van der Waals surface area contributed by atoms with Gasteiger partial charge < -0.3 is 10.6 Å². The molecular formula is C20H16N2OS. The lowest BCUT2D eigenvalue weighted by molar-refractivity contribution is 0.0984. The number of nitrogens with two attached hydrogens (primary N) is 1. The minimum Gasteiger partial charge on any atom is -0.399 e. The van der Waals surface area contributed by atoms with Crippen LogP contribution in [0.3, 0.4) is 0 Å². The topological polar surface area (TPSA) is 46.3 Å². The van der Waals surface area contributed by atoms with Crippen LogP contribution in [0.2, 0.25) is 0 Å². The summed E-state index contributed by atoms with van der Waals surface area (Å²) in [6.07, 6.45) is 0. The third-order valence-corrected chi connectivity index (χ3v) is 5.26. The maximum Gasteiger partial charge on any atom is 0.258 e. The summed E-state index contributed by atoms with van der Waals surface area (Å²) >= 11 is 1.71. The molecule has 0 aliphatic carbocycles. The number of nitrogen functional groups attached to an aromatic ring is 1. The molecule has 2 N–H and O–H groups in total. The fourth-order valence-corrected chi connectivity index (χ4v) is 3.91. The Morgan fingerprint density at radius 2 is 1.54 bits per heavy atom. The Hall–Kier alpha value is -2.72. The Labute approximate surface area is 145 Å². The quantitative estimate of drug-likeness (QED) is 0.664. The standard InChI is InChI=1S/C20H16N2OS/c21-16-11-9-14(10-12-16)20(23)22-13-15-5-1-3-7-18(15)24-19-8-4-2-6-17(19)22/h1-12H,13,21H2. The molecule has 4 heteroatoms. The molecule has 1 amide bonds. The highest BCUT2D eigenvalue weighted by atomic mass is 32.2. The van der Waals surface area contributed by atoms with Crippen LogP contribution in [0.1, 0.15) is 15.9 Å². The van der Waals surface area contributed by atoms with Gasteiger partial charge in [-0.05, 0) is 48.0 Å². The smallest absolute Gasteiger partial charge is 0.258 e. The lowest BCUT2D eigenvalue weighted by Crippen LogP contribution is -2.30. The number of para-hydroxylation sites is 1. The van der Waals surface area contributed by atoms with Gasteiger partial charge in [-0.2, -0.15) is 0 Å². The molecule has 1 aliphatic rings. The third kappa shape index (κ3) is 2.65. The van der Waals surface area contributed by atoms with E-state index in [1.807, 2.05) is 35.2 Å². The maximum atomic E-state index is 13.1. The van der Waals surface area contributed by atoms with Crippen LogP contribution in [0.25, 0.3) is 0 Å². The number of hydrogen-bond donors (Lipinski definition) is 1. The van der Waals surface area contributed by atoms with E-state index in [-0.39, 0.29) is 5.91 Å². The fraction of sp³-hybridized carbons (Fsp3) is 0.0500. The number of fused-ring (bicyclic) bond motifs is 2. The van der Waals surface area contributed by atoms with Crippen LogP contribution >= 0.6 is 11.8 Å². The first kappa shape index (κ1) is 14.8. The maximum absolute atomic E-state index is 13.1. The van der Waals surface area contributed by atoms with Crippen LogP contribution in [0.5, 0.6) is 0 Å². The van der Waals surface area contributed by atoms with Gasteiger partial charge in [0.1, 0.15) is 0 Å². The van der Waals surface area contributed by atoms with Crippen LogP contribution in [0, 0.1) is 0 Å². The molecule has 3 aromatic carbocycles. The molecule has 0 atom stereocenters. The van der Waals surface area contributed by atoms with Gasteiger partial charge in [0.2, 0.25) is 0 Å². The van der Waals surface area contributed by atoms with Crippen LogP contribution in [-0.2, 0) is 6.54 Å². The van der Waals surface area contributed by atoms with Crippen molar-refractivity contribution in [2.24, 2.45) is 0 Å². The lowest BCUT2D eigenvalue weighted by atomic mass is 10.1. The van der Waals surface area contributed by atoms with E-state index in [4.69, 9.17) is 5.73 Å². The average Bonchev–Trinajstić information content (AvgIpc) is 2.78. The van der Waals surface area contributed by atoms with E-state index < -0.39 is 0 Å². The van der Waals surface area contributed by atoms with Crippen LogP contribution in [-0.4, -0.2) is 5.91 Å². The van der Waals surface area contributed by atoms with E-state index in [1.165, 1.54) is 4.90 Å². The SMILES string of the molecule is Nc1ccc(C(=O)N2Cc3ccccc3Sc3ccccc32)cc1. The number of hydrogen-bond acceptors (Lipinski definition) is 3. The van der Waals surface area contributed by atoms with Gasteiger partial charge in [0, 0.05) is 21.0 Å². The molecule has 1 aliphatic heterocycles. The van der Waals surface area contributed by atoms with Gasteiger partial charge in [-0.3, -0.25) is 4.79 Å². The van der Waals surface area contributed by atoms with Crippen molar-refractivity contribution >= 4 is 29.0 Å². The molecular weight excluding hydrogens is 316 g/mol. The molecule has 24 heavy (non-hydrogen) atoms. The van der Waals surface area contributed by atoms with Crippen molar-refractivity contribution in [3.8, 4) is 0 Å². The minimum absolute atomic E-state index is 0.0141. The largest absolute Gasteiger partial charge is 0.399 e. The number of carbonyl (C=O) groups excluding carboxylic acids is 1. The highest BCUT2D eigenvalue weighted by molar-refractivity contribution is 7.99.